The molecule has 4 heteroatoms. The van der Waals surface area contributed by atoms with Crippen molar-refractivity contribution in [3.63, 3.8) is 0 Å². The predicted octanol–water partition coefficient (Wildman–Crippen LogP) is 1.38. The summed E-state index contributed by atoms with van der Waals surface area (Å²) in [6.07, 6.45) is 2.09. The third kappa shape index (κ3) is 4.03. The monoisotopic (exact) mass is 282 g/mol. The van der Waals surface area contributed by atoms with Gasteiger partial charge in [0.1, 0.15) is 5.78 Å². The van der Waals surface area contributed by atoms with Gasteiger partial charge in [0, 0.05) is 50.6 Å². The Bertz CT molecular complexity index is 352. The Kier molecular flexibility index (Phi) is 4.57. The zero-order valence-corrected chi connectivity index (χ0v) is 13.5. The second-order valence-corrected chi connectivity index (χ2v) is 7.87. The van der Waals surface area contributed by atoms with Crippen LogP contribution in [0.5, 0.6) is 0 Å². The van der Waals surface area contributed by atoms with Gasteiger partial charge in [-0.05, 0) is 26.7 Å². The SMILES string of the molecule is CC(C)(O)CN1CCN(CC2CCC(C)(C)C2=O)CC1. The summed E-state index contributed by atoms with van der Waals surface area (Å²) < 4.78 is 0. The molecule has 2 rings (SSSR count). The van der Waals surface area contributed by atoms with Crippen molar-refractivity contribution in [2.45, 2.75) is 46.1 Å². The molecule has 1 atom stereocenters. The maximum atomic E-state index is 12.3. The van der Waals surface area contributed by atoms with E-state index < -0.39 is 5.60 Å². The highest BCUT2D eigenvalue weighted by molar-refractivity contribution is 5.88. The van der Waals surface area contributed by atoms with E-state index in [1.807, 2.05) is 13.8 Å². The molecule has 1 aliphatic heterocycles. The topological polar surface area (TPSA) is 43.8 Å². The molecule has 0 amide bonds. The Labute approximate surface area is 123 Å². The van der Waals surface area contributed by atoms with Crippen molar-refractivity contribution >= 4 is 5.78 Å². The number of rotatable bonds is 4. The van der Waals surface area contributed by atoms with Gasteiger partial charge in [-0.25, -0.2) is 0 Å². The summed E-state index contributed by atoms with van der Waals surface area (Å²) in [5.74, 6) is 0.697. The van der Waals surface area contributed by atoms with Crippen molar-refractivity contribution in [2.24, 2.45) is 11.3 Å². The van der Waals surface area contributed by atoms with E-state index >= 15 is 0 Å². The van der Waals surface area contributed by atoms with E-state index in [0.717, 1.165) is 52.1 Å². The summed E-state index contributed by atoms with van der Waals surface area (Å²) in [5, 5.41) is 9.86. The minimum absolute atomic E-state index is 0.104. The van der Waals surface area contributed by atoms with Crippen molar-refractivity contribution in [3.05, 3.63) is 0 Å². The van der Waals surface area contributed by atoms with Gasteiger partial charge in [-0.1, -0.05) is 13.8 Å². The second-order valence-electron chi connectivity index (χ2n) is 7.87. The Morgan fingerprint density at radius 2 is 1.75 bits per heavy atom. The molecule has 20 heavy (non-hydrogen) atoms. The molecule has 0 bridgehead atoms. The number of carbonyl (C=O) groups excluding carboxylic acids is 1. The van der Waals surface area contributed by atoms with Crippen LogP contribution in [0.2, 0.25) is 0 Å². The van der Waals surface area contributed by atoms with Crippen LogP contribution in [0.25, 0.3) is 0 Å². The first kappa shape index (κ1) is 15.9. The zero-order chi connectivity index (χ0) is 15.0. The van der Waals surface area contributed by atoms with Crippen LogP contribution >= 0.6 is 0 Å². The fourth-order valence-corrected chi connectivity index (χ4v) is 3.51. The van der Waals surface area contributed by atoms with Crippen molar-refractivity contribution in [1.82, 2.24) is 9.80 Å². The smallest absolute Gasteiger partial charge is 0.142 e. The Morgan fingerprint density at radius 3 is 2.20 bits per heavy atom. The largest absolute Gasteiger partial charge is 0.389 e. The molecule has 2 fully saturated rings. The van der Waals surface area contributed by atoms with Gasteiger partial charge >= 0.3 is 0 Å². The standard InChI is InChI=1S/C16H30N2O2/c1-15(2)6-5-13(14(15)19)11-17-7-9-18(10-8-17)12-16(3,4)20/h13,20H,5-12H2,1-4H3. The van der Waals surface area contributed by atoms with Crippen molar-refractivity contribution in [2.75, 3.05) is 39.3 Å². The molecule has 0 aromatic rings. The Balaban J connectivity index is 1.77. The van der Waals surface area contributed by atoms with Crippen LogP contribution in [-0.4, -0.2) is 65.6 Å². The molecule has 1 saturated heterocycles. The van der Waals surface area contributed by atoms with Gasteiger partial charge in [0.25, 0.3) is 0 Å². The number of β-amino-alcohol motifs (C(OH)–C–C–N with tert-alkyl or cyclic N) is 1. The molecular formula is C16H30N2O2. The van der Waals surface area contributed by atoms with Crippen LogP contribution in [0, 0.1) is 11.3 Å². The summed E-state index contributed by atoms with van der Waals surface area (Å²) in [5.41, 5.74) is -0.721. The number of aliphatic hydroxyl groups is 1. The molecule has 0 radical (unpaired) electrons. The van der Waals surface area contributed by atoms with Crippen LogP contribution in [0.1, 0.15) is 40.5 Å². The maximum Gasteiger partial charge on any atom is 0.142 e. The normalized spacial score (nSPS) is 29.1. The average molecular weight is 282 g/mol. The van der Waals surface area contributed by atoms with E-state index in [4.69, 9.17) is 0 Å². The molecule has 1 saturated carbocycles. The Morgan fingerprint density at radius 1 is 1.20 bits per heavy atom. The van der Waals surface area contributed by atoms with Crippen molar-refractivity contribution < 1.29 is 9.90 Å². The Hall–Kier alpha value is -0.450. The molecule has 1 N–H and O–H groups in total. The summed E-state index contributed by atoms with van der Waals surface area (Å²) in [7, 11) is 0. The number of carbonyl (C=O) groups is 1. The third-order valence-electron chi connectivity index (χ3n) is 4.71. The number of hydrogen-bond donors (Lipinski definition) is 1. The molecule has 1 heterocycles. The van der Waals surface area contributed by atoms with Crippen molar-refractivity contribution in [3.8, 4) is 0 Å². The van der Waals surface area contributed by atoms with Gasteiger partial charge in [0.2, 0.25) is 0 Å². The van der Waals surface area contributed by atoms with Gasteiger partial charge in [-0.2, -0.15) is 0 Å². The quantitative estimate of drug-likeness (QED) is 0.846. The minimum Gasteiger partial charge on any atom is -0.389 e. The first-order valence-corrected chi connectivity index (χ1v) is 7.89. The maximum absolute atomic E-state index is 12.3. The molecule has 2 aliphatic rings. The van der Waals surface area contributed by atoms with E-state index in [1.165, 1.54) is 0 Å². The van der Waals surface area contributed by atoms with E-state index in [9.17, 15) is 9.90 Å². The number of Topliss-reactive ketones (excluding diaryl/α,β-unsaturated/α-hetero) is 1. The first-order chi connectivity index (χ1) is 9.17. The van der Waals surface area contributed by atoms with Gasteiger partial charge < -0.3 is 10.0 Å². The molecule has 0 aromatic heterocycles. The molecule has 1 aliphatic carbocycles. The summed E-state index contributed by atoms with van der Waals surface area (Å²) >= 11 is 0. The van der Waals surface area contributed by atoms with E-state index in [1.54, 1.807) is 0 Å². The van der Waals surface area contributed by atoms with Gasteiger partial charge in [0.15, 0.2) is 0 Å². The summed E-state index contributed by atoms with van der Waals surface area (Å²) in [6, 6.07) is 0. The fraction of sp³-hybridized carbons (Fsp3) is 0.938. The predicted molar refractivity (Wildman–Crippen MR) is 80.7 cm³/mol. The minimum atomic E-state index is -0.617. The lowest BCUT2D eigenvalue weighted by Gasteiger charge is -2.38. The number of piperazine rings is 1. The van der Waals surface area contributed by atoms with Crippen LogP contribution in [0.15, 0.2) is 0 Å². The highest BCUT2D eigenvalue weighted by Gasteiger charge is 2.41. The lowest BCUT2D eigenvalue weighted by atomic mass is 9.89. The molecule has 0 aromatic carbocycles. The lowest BCUT2D eigenvalue weighted by molar-refractivity contribution is -0.128. The lowest BCUT2D eigenvalue weighted by Crippen LogP contribution is -2.51. The second kappa shape index (κ2) is 5.74. The third-order valence-corrected chi connectivity index (χ3v) is 4.71. The van der Waals surface area contributed by atoms with Crippen LogP contribution in [0.3, 0.4) is 0 Å². The van der Waals surface area contributed by atoms with E-state index in [0.29, 0.717) is 5.78 Å². The number of nitrogens with zero attached hydrogens (tertiary/aromatic N) is 2. The molecule has 116 valence electrons. The first-order valence-electron chi connectivity index (χ1n) is 7.89. The highest BCUT2D eigenvalue weighted by atomic mass is 16.3. The van der Waals surface area contributed by atoms with E-state index in [-0.39, 0.29) is 11.3 Å². The number of ketones is 1. The molecular weight excluding hydrogens is 252 g/mol. The average Bonchev–Trinajstić information content (AvgIpc) is 2.57. The highest BCUT2D eigenvalue weighted by Crippen LogP contribution is 2.37. The van der Waals surface area contributed by atoms with Crippen LogP contribution in [-0.2, 0) is 4.79 Å². The summed E-state index contributed by atoms with van der Waals surface area (Å²) in [6.45, 7) is 13.6. The van der Waals surface area contributed by atoms with Gasteiger partial charge in [0.05, 0.1) is 5.60 Å². The van der Waals surface area contributed by atoms with Gasteiger partial charge in [-0.3, -0.25) is 9.69 Å². The van der Waals surface area contributed by atoms with Crippen LogP contribution < -0.4 is 0 Å². The van der Waals surface area contributed by atoms with Crippen molar-refractivity contribution in [1.29, 1.82) is 0 Å². The zero-order valence-electron chi connectivity index (χ0n) is 13.5. The van der Waals surface area contributed by atoms with Crippen LogP contribution in [0.4, 0.5) is 0 Å². The fourth-order valence-electron chi connectivity index (χ4n) is 3.51. The molecule has 1 unspecified atom stereocenters. The molecule has 4 nitrogen and oxygen atoms in total. The van der Waals surface area contributed by atoms with E-state index in [2.05, 4.69) is 23.6 Å². The number of hydrogen-bond acceptors (Lipinski definition) is 4. The summed E-state index contributed by atoms with van der Waals surface area (Å²) in [4.78, 5) is 17.0. The molecule has 0 spiro atoms. The van der Waals surface area contributed by atoms with Gasteiger partial charge in [-0.15, -0.1) is 0 Å².